The Morgan fingerprint density at radius 2 is 1.27 bits per heavy atom. The molecule has 0 aromatic rings. The lowest BCUT2D eigenvalue weighted by Crippen LogP contribution is -2.16. The highest BCUT2D eigenvalue weighted by Gasteiger charge is 2.11. The molecule has 0 bridgehead atoms. The van der Waals surface area contributed by atoms with Crippen LogP contribution in [0.2, 0.25) is 0 Å². The van der Waals surface area contributed by atoms with E-state index in [1.54, 1.807) is 0 Å². The average molecular weight is 203 g/mol. The number of hydrogen-bond donors (Lipinski definition) is 0. The van der Waals surface area contributed by atoms with Crippen molar-refractivity contribution in [1.82, 2.24) is 0 Å². The van der Waals surface area contributed by atoms with Crippen LogP contribution in [-0.4, -0.2) is 31.5 Å². The first kappa shape index (κ1) is 13.1. The summed E-state index contributed by atoms with van der Waals surface area (Å²) in [4.78, 5) is 20.1. The molecule has 4 nitrogen and oxygen atoms in total. The van der Waals surface area contributed by atoms with E-state index in [0.717, 1.165) is 14.2 Å². The third kappa shape index (κ3) is 9.52. The van der Waals surface area contributed by atoms with Gasteiger partial charge in [0.1, 0.15) is 0 Å². The molecule has 11 heavy (non-hydrogen) atoms. The topological polar surface area (TPSA) is 52.6 Å². The Kier molecular flexibility index (Phi) is 11.4. The summed E-state index contributed by atoms with van der Waals surface area (Å²) in [6.45, 7) is 0. The summed E-state index contributed by atoms with van der Waals surface area (Å²) in [6.07, 6.45) is 0. The van der Waals surface area contributed by atoms with Crippen LogP contribution in [0.5, 0.6) is 0 Å². The number of methoxy groups -OCH3 is 2. The fourth-order valence-electron chi connectivity index (χ4n) is 0.167. The number of carbonyl (C=O) groups excluding carboxylic acids is 2. The zero-order valence-electron chi connectivity index (χ0n) is 6.10. The predicted octanol–water partition coefficient (Wildman–Crippen LogP) is 0.754. The standard InChI is InChI=1S/C4H6O4.CH2Cl2/c1-7-3(5)4(6)8-2;2-1-3/h1-2H3;1H2. The zero-order chi connectivity index (χ0) is 9.28. The molecule has 0 saturated heterocycles. The van der Waals surface area contributed by atoms with Gasteiger partial charge in [-0.1, -0.05) is 0 Å². The second kappa shape index (κ2) is 9.52. The molecule has 0 saturated carbocycles. The molecule has 0 amide bonds. The Balaban J connectivity index is 0. The quantitative estimate of drug-likeness (QED) is 0.331. The molecule has 6 heteroatoms. The van der Waals surface area contributed by atoms with Crippen molar-refractivity contribution in [1.29, 1.82) is 0 Å². The fraction of sp³-hybridized carbons (Fsp3) is 0.600. The van der Waals surface area contributed by atoms with Crippen molar-refractivity contribution in [2.75, 3.05) is 19.6 Å². The summed E-state index contributed by atoms with van der Waals surface area (Å²) in [5.41, 5.74) is 0. The van der Waals surface area contributed by atoms with Crippen LogP contribution in [0.25, 0.3) is 0 Å². The van der Waals surface area contributed by atoms with Gasteiger partial charge in [-0.05, 0) is 0 Å². The van der Waals surface area contributed by atoms with Gasteiger partial charge in [-0.25, -0.2) is 9.59 Å². The minimum atomic E-state index is -0.979. The van der Waals surface area contributed by atoms with E-state index in [0.29, 0.717) is 0 Å². The van der Waals surface area contributed by atoms with Crippen molar-refractivity contribution < 1.29 is 19.1 Å². The third-order valence-corrected chi connectivity index (χ3v) is 0.537. The molecule has 0 N–H and O–H groups in total. The first-order valence-corrected chi connectivity index (χ1v) is 3.49. The van der Waals surface area contributed by atoms with Crippen LogP contribution < -0.4 is 0 Å². The summed E-state index contributed by atoms with van der Waals surface area (Å²) >= 11 is 9.53. The average Bonchev–Trinajstić information content (AvgIpc) is 2.03. The molecule has 0 aliphatic heterocycles. The van der Waals surface area contributed by atoms with Gasteiger partial charge in [0, 0.05) is 0 Å². The van der Waals surface area contributed by atoms with Crippen molar-refractivity contribution in [2.24, 2.45) is 0 Å². The van der Waals surface area contributed by atoms with Gasteiger partial charge < -0.3 is 9.47 Å². The normalized spacial score (nSPS) is 7.27. The Hall–Kier alpha value is -0.480. The second-order valence-electron chi connectivity index (χ2n) is 1.08. The van der Waals surface area contributed by atoms with E-state index in [1.807, 2.05) is 0 Å². The number of hydrogen-bond acceptors (Lipinski definition) is 4. The smallest absolute Gasteiger partial charge is 0.417 e. The Morgan fingerprint density at radius 1 is 1.09 bits per heavy atom. The van der Waals surface area contributed by atoms with E-state index < -0.39 is 11.9 Å². The summed E-state index contributed by atoms with van der Waals surface area (Å²) in [5.74, 6) is -1.96. The molecule has 0 aromatic carbocycles. The maximum absolute atomic E-state index is 10.0. The molecule has 0 heterocycles. The first-order chi connectivity index (χ1) is 5.13. The van der Waals surface area contributed by atoms with E-state index in [9.17, 15) is 9.59 Å². The van der Waals surface area contributed by atoms with Crippen LogP contribution in [0, 0.1) is 0 Å². The van der Waals surface area contributed by atoms with Crippen LogP contribution in [-0.2, 0) is 19.1 Å². The van der Waals surface area contributed by atoms with Crippen LogP contribution >= 0.6 is 23.2 Å². The van der Waals surface area contributed by atoms with Crippen LogP contribution in [0.15, 0.2) is 0 Å². The molecule has 0 unspecified atom stereocenters. The lowest BCUT2D eigenvalue weighted by Gasteiger charge is -1.92. The maximum Gasteiger partial charge on any atom is 0.417 e. The predicted molar refractivity (Wildman–Crippen MR) is 40.6 cm³/mol. The first-order valence-electron chi connectivity index (χ1n) is 2.42. The van der Waals surface area contributed by atoms with Crippen molar-refractivity contribution in [3.05, 3.63) is 0 Å². The summed E-state index contributed by atoms with van der Waals surface area (Å²) in [5, 5.41) is 0.194. The molecule has 66 valence electrons. The molecule has 0 spiro atoms. The Labute approximate surface area is 74.4 Å². The highest BCUT2D eigenvalue weighted by molar-refractivity contribution is 6.40. The fourth-order valence-corrected chi connectivity index (χ4v) is 0.167. The monoisotopic (exact) mass is 202 g/mol. The molecule has 0 aromatic heterocycles. The number of alkyl halides is 2. The van der Waals surface area contributed by atoms with E-state index >= 15 is 0 Å². The Morgan fingerprint density at radius 3 is 1.36 bits per heavy atom. The lowest BCUT2D eigenvalue weighted by atomic mass is 10.7. The highest BCUT2D eigenvalue weighted by atomic mass is 35.5. The lowest BCUT2D eigenvalue weighted by molar-refractivity contribution is -0.164. The summed E-state index contributed by atoms with van der Waals surface area (Å²) < 4.78 is 7.98. The second-order valence-corrected chi connectivity index (χ2v) is 1.89. The molecule has 0 aliphatic rings. The highest BCUT2D eigenvalue weighted by Crippen LogP contribution is 1.75. The van der Waals surface area contributed by atoms with E-state index in [4.69, 9.17) is 23.2 Å². The zero-order valence-corrected chi connectivity index (χ0v) is 7.61. The molecule has 0 radical (unpaired) electrons. The van der Waals surface area contributed by atoms with Gasteiger partial charge in [0.05, 0.1) is 19.6 Å². The molecular formula is C5H8Cl2O4. The van der Waals surface area contributed by atoms with Gasteiger partial charge in [0.25, 0.3) is 0 Å². The minimum Gasteiger partial charge on any atom is -0.461 e. The number of esters is 2. The number of ether oxygens (including phenoxy) is 2. The van der Waals surface area contributed by atoms with Gasteiger partial charge in [-0.15, -0.1) is 23.2 Å². The molecule has 0 atom stereocenters. The van der Waals surface area contributed by atoms with Gasteiger partial charge in [-0.2, -0.15) is 0 Å². The van der Waals surface area contributed by atoms with Crippen molar-refractivity contribution in [2.45, 2.75) is 0 Å². The number of halogens is 2. The van der Waals surface area contributed by atoms with Gasteiger partial charge >= 0.3 is 11.9 Å². The van der Waals surface area contributed by atoms with Gasteiger partial charge in [-0.3, -0.25) is 0 Å². The minimum absolute atomic E-state index is 0.194. The third-order valence-electron chi connectivity index (χ3n) is 0.537. The van der Waals surface area contributed by atoms with Crippen LogP contribution in [0.3, 0.4) is 0 Å². The van der Waals surface area contributed by atoms with Crippen molar-refractivity contribution in [3.8, 4) is 0 Å². The molecular weight excluding hydrogens is 195 g/mol. The van der Waals surface area contributed by atoms with Crippen molar-refractivity contribution in [3.63, 3.8) is 0 Å². The summed E-state index contributed by atoms with van der Waals surface area (Å²) in [7, 11) is 2.22. The number of rotatable bonds is 0. The maximum atomic E-state index is 10.0. The SMILES string of the molecule is COC(=O)C(=O)OC.ClCCl. The number of carbonyl (C=O) groups is 2. The Bertz CT molecular complexity index is 112. The van der Waals surface area contributed by atoms with Crippen LogP contribution in [0.4, 0.5) is 0 Å². The molecule has 0 rings (SSSR count). The van der Waals surface area contributed by atoms with E-state index in [1.165, 1.54) is 0 Å². The van der Waals surface area contributed by atoms with Crippen molar-refractivity contribution >= 4 is 35.1 Å². The van der Waals surface area contributed by atoms with Gasteiger partial charge in [0.2, 0.25) is 0 Å². The molecule has 0 aliphatic carbocycles. The van der Waals surface area contributed by atoms with E-state index in [-0.39, 0.29) is 5.34 Å². The summed E-state index contributed by atoms with van der Waals surface area (Å²) in [6, 6.07) is 0. The largest absolute Gasteiger partial charge is 0.461 e. The van der Waals surface area contributed by atoms with Crippen LogP contribution in [0.1, 0.15) is 0 Å². The van der Waals surface area contributed by atoms with Gasteiger partial charge in [0.15, 0.2) is 0 Å². The molecule has 0 fully saturated rings. The van der Waals surface area contributed by atoms with E-state index in [2.05, 4.69) is 9.47 Å².